The van der Waals surface area contributed by atoms with Crippen molar-refractivity contribution in [1.82, 2.24) is 5.32 Å². The summed E-state index contributed by atoms with van der Waals surface area (Å²) < 4.78 is 16.5. The number of hydrogen-bond acceptors (Lipinski definition) is 6. The van der Waals surface area contributed by atoms with E-state index in [9.17, 15) is 14.4 Å². The smallest absolute Gasteiger partial charge is 0.408 e. The quantitative estimate of drug-likeness (QED) is 0.152. The number of nitrogens with one attached hydrogen (secondary N) is 2. The van der Waals surface area contributed by atoms with Crippen molar-refractivity contribution in [1.29, 1.82) is 0 Å². The Balaban J connectivity index is 1.89. The summed E-state index contributed by atoms with van der Waals surface area (Å²) in [6, 6.07) is 15.5. The van der Waals surface area contributed by atoms with Gasteiger partial charge in [0.25, 0.3) is 0 Å². The molecule has 40 heavy (non-hydrogen) atoms. The average Bonchev–Trinajstić information content (AvgIpc) is 2.94. The van der Waals surface area contributed by atoms with E-state index in [1.54, 1.807) is 31.2 Å². The molecule has 0 radical (unpaired) electrons. The van der Waals surface area contributed by atoms with Gasteiger partial charge in [-0.25, -0.2) is 4.79 Å². The minimum Gasteiger partial charge on any atom is -0.494 e. The Morgan fingerprint density at radius 1 is 0.850 bits per heavy atom. The van der Waals surface area contributed by atoms with E-state index in [2.05, 4.69) is 17.6 Å². The zero-order valence-corrected chi connectivity index (χ0v) is 24.4. The minimum atomic E-state index is -0.986. The lowest BCUT2D eigenvalue weighted by Crippen LogP contribution is -2.45. The molecule has 0 fully saturated rings. The molecule has 0 aliphatic rings. The van der Waals surface area contributed by atoms with Gasteiger partial charge in [-0.2, -0.15) is 0 Å². The molecule has 8 nitrogen and oxygen atoms in total. The topological polar surface area (TPSA) is 103 Å². The maximum absolute atomic E-state index is 13.1. The highest BCUT2D eigenvalue weighted by Crippen LogP contribution is 2.17. The van der Waals surface area contributed by atoms with Crippen LogP contribution in [0.5, 0.6) is 5.75 Å². The van der Waals surface area contributed by atoms with E-state index in [1.165, 1.54) is 25.7 Å². The Morgan fingerprint density at radius 3 is 2.20 bits per heavy atom. The number of unbranched alkanes of at least 4 members (excludes halogenated alkanes) is 5. The summed E-state index contributed by atoms with van der Waals surface area (Å²) in [4.78, 5) is 37.9. The predicted molar refractivity (Wildman–Crippen MR) is 157 cm³/mol. The van der Waals surface area contributed by atoms with Crippen molar-refractivity contribution in [2.24, 2.45) is 5.92 Å². The fraction of sp³-hybridized carbons (Fsp3) is 0.531. The first kappa shape index (κ1) is 32.7. The number of anilines is 1. The molecule has 2 aromatic rings. The number of hydrogen-bond donors (Lipinski definition) is 2. The third-order valence-electron chi connectivity index (χ3n) is 6.61. The highest BCUT2D eigenvalue weighted by molar-refractivity contribution is 5.96. The van der Waals surface area contributed by atoms with Crippen molar-refractivity contribution in [3.63, 3.8) is 0 Å². The van der Waals surface area contributed by atoms with Gasteiger partial charge in [0.15, 0.2) is 0 Å². The molecule has 2 atom stereocenters. The SMILES string of the molecule is CCCCCCCCOc1ccc(NC(=O)[C@H](CCC(=O)OCc2ccccc2)NC(=O)OC(C)C(C)C)cc1. The molecule has 2 aromatic carbocycles. The summed E-state index contributed by atoms with van der Waals surface area (Å²) in [5.74, 6) is -0.0635. The van der Waals surface area contributed by atoms with Crippen LogP contribution in [0.4, 0.5) is 10.5 Å². The number of esters is 1. The van der Waals surface area contributed by atoms with Crippen LogP contribution in [0.15, 0.2) is 54.6 Å². The molecule has 0 aromatic heterocycles. The molecule has 0 saturated heterocycles. The van der Waals surface area contributed by atoms with E-state index in [1.807, 2.05) is 44.2 Å². The number of alkyl carbamates (subject to hydrolysis) is 1. The monoisotopic (exact) mass is 554 g/mol. The largest absolute Gasteiger partial charge is 0.494 e. The fourth-order valence-electron chi connectivity index (χ4n) is 3.76. The van der Waals surface area contributed by atoms with E-state index < -0.39 is 24.0 Å². The standard InChI is InChI=1S/C32H46N2O6/c1-5-6-7-8-9-13-22-38-28-18-16-27(17-19-28)33-31(36)29(34-32(37)40-25(4)24(2)3)20-21-30(35)39-23-26-14-11-10-12-15-26/h10-12,14-19,24-25,29H,5-9,13,20-23H2,1-4H3,(H,33,36)(H,34,37)/t25?,29-/m0/s1. The average molecular weight is 555 g/mol. The van der Waals surface area contributed by atoms with E-state index in [4.69, 9.17) is 14.2 Å². The second-order valence-electron chi connectivity index (χ2n) is 10.4. The van der Waals surface area contributed by atoms with Crippen molar-refractivity contribution in [2.45, 2.75) is 97.8 Å². The number of ether oxygens (including phenoxy) is 3. The van der Waals surface area contributed by atoms with Gasteiger partial charge < -0.3 is 24.8 Å². The fourth-order valence-corrected chi connectivity index (χ4v) is 3.76. The van der Waals surface area contributed by atoms with Crippen LogP contribution in [-0.4, -0.2) is 36.7 Å². The van der Waals surface area contributed by atoms with Crippen molar-refractivity contribution in [2.75, 3.05) is 11.9 Å². The first-order valence-electron chi connectivity index (χ1n) is 14.5. The minimum absolute atomic E-state index is 0.0455. The Bertz CT molecular complexity index is 1010. The third-order valence-corrected chi connectivity index (χ3v) is 6.61. The molecule has 0 heterocycles. The molecule has 0 spiro atoms. The highest BCUT2D eigenvalue weighted by Gasteiger charge is 2.24. The van der Waals surface area contributed by atoms with E-state index in [0.29, 0.717) is 12.3 Å². The van der Waals surface area contributed by atoms with Crippen LogP contribution in [0.25, 0.3) is 0 Å². The van der Waals surface area contributed by atoms with E-state index in [0.717, 1.165) is 24.2 Å². The Morgan fingerprint density at radius 2 is 1.52 bits per heavy atom. The molecule has 2 amide bonds. The van der Waals surface area contributed by atoms with Crippen molar-refractivity contribution in [3.8, 4) is 5.75 Å². The highest BCUT2D eigenvalue weighted by atomic mass is 16.6. The van der Waals surface area contributed by atoms with Gasteiger partial charge in [0.05, 0.1) is 6.61 Å². The Kier molecular flexibility index (Phi) is 15.3. The summed E-state index contributed by atoms with van der Waals surface area (Å²) in [5, 5.41) is 5.42. The first-order valence-corrected chi connectivity index (χ1v) is 14.5. The van der Waals surface area contributed by atoms with Gasteiger partial charge in [0.1, 0.15) is 24.5 Å². The molecule has 2 rings (SSSR count). The molecule has 8 heteroatoms. The van der Waals surface area contributed by atoms with Crippen molar-refractivity contribution < 1.29 is 28.6 Å². The molecule has 2 N–H and O–H groups in total. The predicted octanol–water partition coefficient (Wildman–Crippen LogP) is 7.03. The third kappa shape index (κ3) is 13.5. The van der Waals surface area contributed by atoms with Crippen LogP contribution in [-0.2, 0) is 25.7 Å². The van der Waals surface area contributed by atoms with Gasteiger partial charge in [-0.1, -0.05) is 83.2 Å². The summed E-state index contributed by atoms with van der Waals surface area (Å²) in [5.41, 5.74) is 1.42. The summed E-state index contributed by atoms with van der Waals surface area (Å²) >= 11 is 0. The summed E-state index contributed by atoms with van der Waals surface area (Å²) in [6.07, 6.45) is 6.15. The normalized spacial score (nSPS) is 12.3. The van der Waals surface area contributed by atoms with Crippen LogP contribution in [0, 0.1) is 5.92 Å². The van der Waals surface area contributed by atoms with Gasteiger partial charge in [0, 0.05) is 12.1 Å². The Labute approximate surface area is 239 Å². The van der Waals surface area contributed by atoms with Crippen LogP contribution in [0.3, 0.4) is 0 Å². The van der Waals surface area contributed by atoms with Crippen LogP contribution in [0.2, 0.25) is 0 Å². The number of amides is 2. The molecule has 0 aliphatic carbocycles. The van der Waals surface area contributed by atoms with Gasteiger partial charge in [-0.15, -0.1) is 0 Å². The van der Waals surface area contributed by atoms with Gasteiger partial charge >= 0.3 is 12.1 Å². The summed E-state index contributed by atoms with van der Waals surface area (Å²) in [7, 11) is 0. The molecular weight excluding hydrogens is 508 g/mol. The molecule has 0 saturated carbocycles. The zero-order valence-electron chi connectivity index (χ0n) is 24.4. The van der Waals surface area contributed by atoms with E-state index in [-0.39, 0.29) is 31.5 Å². The number of benzene rings is 2. The maximum Gasteiger partial charge on any atom is 0.408 e. The molecule has 0 aliphatic heterocycles. The van der Waals surface area contributed by atoms with Gasteiger partial charge in [-0.3, -0.25) is 9.59 Å². The second kappa shape index (κ2) is 18.7. The number of rotatable bonds is 18. The lowest BCUT2D eigenvalue weighted by Gasteiger charge is -2.21. The number of carbonyl (C=O) groups excluding carboxylic acids is 3. The second-order valence-corrected chi connectivity index (χ2v) is 10.4. The lowest BCUT2D eigenvalue weighted by atomic mass is 10.1. The first-order chi connectivity index (χ1) is 19.3. The molecule has 220 valence electrons. The lowest BCUT2D eigenvalue weighted by molar-refractivity contribution is -0.145. The maximum atomic E-state index is 13.1. The van der Waals surface area contributed by atoms with Crippen LogP contribution >= 0.6 is 0 Å². The zero-order chi connectivity index (χ0) is 29.2. The number of carbonyl (C=O) groups is 3. The summed E-state index contributed by atoms with van der Waals surface area (Å²) in [6.45, 7) is 8.67. The van der Waals surface area contributed by atoms with Crippen molar-refractivity contribution >= 4 is 23.7 Å². The molecule has 1 unspecified atom stereocenters. The van der Waals surface area contributed by atoms with Gasteiger partial charge in [0.2, 0.25) is 5.91 Å². The van der Waals surface area contributed by atoms with Crippen LogP contribution < -0.4 is 15.4 Å². The van der Waals surface area contributed by atoms with Gasteiger partial charge in [-0.05, 0) is 55.5 Å². The van der Waals surface area contributed by atoms with Crippen LogP contribution in [0.1, 0.15) is 84.6 Å². The molecule has 0 bridgehead atoms. The van der Waals surface area contributed by atoms with E-state index >= 15 is 0 Å². The Hall–Kier alpha value is -3.55. The van der Waals surface area contributed by atoms with Crippen molar-refractivity contribution in [3.05, 3.63) is 60.2 Å². The molecular formula is C32H46N2O6.